The summed E-state index contributed by atoms with van der Waals surface area (Å²) in [4.78, 5) is 33.7. The van der Waals surface area contributed by atoms with Crippen molar-refractivity contribution in [1.82, 2.24) is 25.8 Å². The zero-order chi connectivity index (χ0) is 19.2. The van der Waals surface area contributed by atoms with Gasteiger partial charge < -0.3 is 24.8 Å². The van der Waals surface area contributed by atoms with Crippen LogP contribution in [0.4, 0.5) is 10.7 Å². The predicted molar refractivity (Wildman–Crippen MR) is 95.4 cm³/mol. The van der Waals surface area contributed by atoms with E-state index in [9.17, 15) is 9.59 Å². The van der Waals surface area contributed by atoms with Gasteiger partial charge in [0.2, 0.25) is 5.95 Å². The van der Waals surface area contributed by atoms with Crippen LogP contribution in [0.3, 0.4) is 0 Å². The van der Waals surface area contributed by atoms with E-state index >= 15 is 0 Å². The highest BCUT2D eigenvalue weighted by Gasteiger charge is 2.25. The molecule has 0 aliphatic carbocycles. The average molecular weight is 395 g/mol. The van der Waals surface area contributed by atoms with E-state index in [1.807, 2.05) is 4.90 Å². The molecule has 0 bridgehead atoms. The zero-order valence-corrected chi connectivity index (χ0v) is 15.4. The fourth-order valence-corrected chi connectivity index (χ4v) is 2.82. The molecule has 3 rings (SSSR count). The van der Waals surface area contributed by atoms with Crippen molar-refractivity contribution in [2.75, 3.05) is 31.6 Å². The van der Waals surface area contributed by atoms with Crippen LogP contribution in [-0.2, 0) is 11.3 Å². The first-order valence-electron chi connectivity index (χ1n) is 8.37. The van der Waals surface area contributed by atoms with E-state index in [1.54, 1.807) is 12.3 Å². The predicted octanol–water partition coefficient (Wildman–Crippen LogP) is 1.23. The third-order valence-corrected chi connectivity index (χ3v) is 4.29. The maximum atomic E-state index is 11.8. The SMILES string of the molecule is CNC(=O)c1cc(COC(=O)NCC2CCN(c3nccc(Cl)n3)C2)on1. The Morgan fingerprint density at radius 1 is 1.48 bits per heavy atom. The molecule has 2 amide bonds. The highest BCUT2D eigenvalue weighted by Crippen LogP contribution is 2.21. The van der Waals surface area contributed by atoms with Crippen LogP contribution in [0, 0.1) is 5.92 Å². The molecule has 2 N–H and O–H groups in total. The van der Waals surface area contributed by atoms with Crippen molar-refractivity contribution in [1.29, 1.82) is 0 Å². The Morgan fingerprint density at radius 3 is 3.11 bits per heavy atom. The molecule has 0 saturated carbocycles. The maximum absolute atomic E-state index is 11.8. The summed E-state index contributed by atoms with van der Waals surface area (Å²) in [6.45, 7) is 1.87. The highest BCUT2D eigenvalue weighted by atomic mass is 35.5. The number of aromatic nitrogens is 3. The number of ether oxygens (including phenoxy) is 1. The van der Waals surface area contributed by atoms with Crippen LogP contribution in [0.1, 0.15) is 22.7 Å². The number of hydrogen-bond acceptors (Lipinski definition) is 8. The molecule has 2 aromatic heterocycles. The summed E-state index contributed by atoms with van der Waals surface area (Å²) in [7, 11) is 1.49. The molecule has 1 fully saturated rings. The standard InChI is InChI=1S/C16H19ClN6O4/c1-18-14(24)12-6-11(27-22-12)9-26-16(25)20-7-10-3-5-23(8-10)15-19-4-2-13(17)21-15/h2,4,6,10H,3,5,7-9H2,1H3,(H,18,24)(H,20,25). The molecule has 11 heteroatoms. The number of anilines is 1. The Kier molecular flexibility index (Phi) is 6.07. The molecular weight excluding hydrogens is 376 g/mol. The Hall–Kier alpha value is -2.88. The van der Waals surface area contributed by atoms with Crippen molar-refractivity contribution in [3.05, 3.63) is 34.9 Å². The number of amides is 2. The van der Waals surface area contributed by atoms with Crippen molar-refractivity contribution in [2.24, 2.45) is 5.92 Å². The van der Waals surface area contributed by atoms with E-state index in [0.717, 1.165) is 19.5 Å². The van der Waals surface area contributed by atoms with Crippen molar-refractivity contribution >= 4 is 29.5 Å². The summed E-state index contributed by atoms with van der Waals surface area (Å²) >= 11 is 5.89. The van der Waals surface area contributed by atoms with E-state index in [-0.39, 0.29) is 29.9 Å². The van der Waals surface area contributed by atoms with Gasteiger partial charge in [-0.05, 0) is 18.4 Å². The van der Waals surface area contributed by atoms with Crippen LogP contribution < -0.4 is 15.5 Å². The van der Waals surface area contributed by atoms with Crippen LogP contribution in [0.5, 0.6) is 0 Å². The first kappa shape index (κ1) is 18.9. The van der Waals surface area contributed by atoms with Gasteiger partial charge in [0.1, 0.15) is 5.15 Å². The Labute approximate surface area is 160 Å². The monoisotopic (exact) mass is 394 g/mol. The first-order valence-corrected chi connectivity index (χ1v) is 8.74. The fourth-order valence-electron chi connectivity index (χ4n) is 2.69. The van der Waals surface area contributed by atoms with E-state index < -0.39 is 6.09 Å². The second kappa shape index (κ2) is 8.67. The van der Waals surface area contributed by atoms with E-state index in [2.05, 4.69) is 25.8 Å². The molecule has 0 aromatic carbocycles. The molecule has 2 aromatic rings. The lowest BCUT2D eigenvalue weighted by molar-refractivity contribution is 0.0952. The zero-order valence-electron chi connectivity index (χ0n) is 14.6. The fraction of sp³-hybridized carbons (Fsp3) is 0.438. The molecule has 1 aliphatic rings. The number of nitrogens with zero attached hydrogens (tertiary/aromatic N) is 4. The number of halogens is 1. The maximum Gasteiger partial charge on any atom is 0.407 e. The summed E-state index contributed by atoms with van der Waals surface area (Å²) in [5, 5.41) is 9.14. The molecule has 0 spiro atoms. The van der Waals surface area contributed by atoms with Crippen molar-refractivity contribution in [3.8, 4) is 0 Å². The lowest BCUT2D eigenvalue weighted by Crippen LogP contribution is -2.31. The summed E-state index contributed by atoms with van der Waals surface area (Å²) in [6.07, 6.45) is 1.95. The van der Waals surface area contributed by atoms with E-state index in [4.69, 9.17) is 20.9 Å². The largest absolute Gasteiger partial charge is 0.441 e. The molecule has 144 valence electrons. The van der Waals surface area contributed by atoms with Crippen LogP contribution in [0.15, 0.2) is 22.9 Å². The third-order valence-electron chi connectivity index (χ3n) is 4.08. The quantitative estimate of drug-likeness (QED) is 0.701. The van der Waals surface area contributed by atoms with Crippen molar-refractivity contribution in [2.45, 2.75) is 13.0 Å². The molecule has 1 aliphatic heterocycles. The Morgan fingerprint density at radius 2 is 2.33 bits per heavy atom. The Balaban J connectivity index is 1.39. The topological polar surface area (TPSA) is 122 Å². The van der Waals surface area contributed by atoms with E-state index in [1.165, 1.54) is 13.1 Å². The molecule has 0 radical (unpaired) electrons. The van der Waals surface area contributed by atoms with Gasteiger partial charge in [-0.25, -0.2) is 14.8 Å². The first-order chi connectivity index (χ1) is 13.0. The van der Waals surface area contributed by atoms with Gasteiger partial charge in [0.15, 0.2) is 18.1 Å². The second-order valence-electron chi connectivity index (χ2n) is 5.99. The van der Waals surface area contributed by atoms with Gasteiger partial charge in [-0.15, -0.1) is 0 Å². The lowest BCUT2D eigenvalue weighted by Gasteiger charge is -2.16. The summed E-state index contributed by atoms with van der Waals surface area (Å²) in [6, 6.07) is 3.05. The third kappa shape index (κ3) is 5.07. The van der Waals surface area contributed by atoms with Crippen LogP contribution in [0.25, 0.3) is 0 Å². The van der Waals surface area contributed by atoms with Gasteiger partial charge in [-0.1, -0.05) is 16.8 Å². The lowest BCUT2D eigenvalue weighted by atomic mass is 10.1. The van der Waals surface area contributed by atoms with Gasteiger partial charge in [-0.3, -0.25) is 4.79 Å². The van der Waals surface area contributed by atoms with Crippen molar-refractivity contribution < 1.29 is 18.8 Å². The van der Waals surface area contributed by atoms with Gasteiger partial charge in [0.05, 0.1) is 0 Å². The summed E-state index contributed by atoms with van der Waals surface area (Å²) in [5.74, 6) is 0.757. The molecule has 1 unspecified atom stereocenters. The van der Waals surface area contributed by atoms with Crippen LogP contribution >= 0.6 is 11.6 Å². The van der Waals surface area contributed by atoms with Crippen molar-refractivity contribution in [3.63, 3.8) is 0 Å². The Bertz CT molecular complexity index is 814. The van der Waals surface area contributed by atoms with Gasteiger partial charge in [0.25, 0.3) is 5.91 Å². The van der Waals surface area contributed by atoms with Gasteiger partial charge in [0, 0.05) is 38.9 Å². The minimum Gasteiger partial charge on any atom is -0.441 e. The molecular formula is C16H19ClN6O4. The minimum absolute atomic E-state index is 0.108. The normalized spacial score (nSPS) is 16.2. The highest BCUT2D eigenvalue weighted by molar-refractivity contribution is 6.29. The number of alkyl carbamates (subject to hydrolysis) is 1. The molecule has 1 saturated heterocycles. The number of nitrogens with one attached hydrogen (secondary N) is 2. The molecule has 3 heterocycles. The second-order valence-corrected chi connectivity index (χ2v) is 6.38. The number of carbonyl (C=O) groups is 2. The summed E-state index contributed by atoms with van der Waals surface area (Å²) in [5.41, 5.74) is 0.130. The van der Waals surface area contributed by atoms with Crippen LogP contribution in [0.2, 0.25) is 5.15 Å². The smallest absolute Gasteiger partial charge is 0.407 e. The molecule has 10 nitrogen and oxygen atoms in total. The average Bonchev–Trinajstić information content (AvgIpc) is 3.33. The number of carbonyl (C=O) groups excluding carboxylic acids is 2. The number of hydrogen-bond donors (Lipinski definition) is 2. The molecule has 27 heavy (non-hydrogen) atoms. The van der Waals surface area contributed by atoms with E-state index in [0.29, 0.717) is 17.6 Å². The summed E-state index contributed by atoms with van der Waals surface area (Å²) < 4.78 is 10.0. The van der Waals surface area contributed by atoms with Gasteiger partial charge >= 0.3 is 6.09 Å². The number of rotatable bonds is 6. The van der Waals surface area contributed by atoms with Crippen LogP contribution in [-0.4, -0.2) is 53.8 Å². The minimum atomic E-state index is -0.564. The van der Waals surface area contributed by atoms with Gasteiger partial charge in [-0.2, -0.15) is 0 Å². The molecule has 1 atom stereocenters.